The van der Waals surface area contributed by atoms with Crippen LogP contribution in [-0.2, 0) is 97.4 Å². The van der Waals surface area contributed by atoms with E-state index in [1.54, 1.807) is 70.8 Å². The van der Waals surface area contributed by atoms with Crippen LogP contribution in [-0.4, -0.2) is 200 Å². The Balaban J connectivity index is -0.000000363. The van der Waals surface area contributed by atoms with Gasteiger partial charge in [0.1, 0.15) is 13.2 Å². The number of rotatable bonds is 37. The number of anilines is 1. The summed E-state index contributed by atoms with van der Waals surface area (Å²) in [6.45, 7) is 82.3. The molecular weight excluding hydrogens is 1820 g/mol. The van der Waals surface area contributed by atoms with E-state index in [-0.39, 0.29) is 181 Å². The van der Waals surface area contributed by atoms with Gasteiger partial charge in [0.25, 0.3) is 0 Å². The largest absolute Gasteiger partial charge is 0.465 e. The van der Waals surface area contributed by atoms with Gasteiger partial charge in [-0.3, -0.25) is 81.8 Å². The lowest BCUT2D eigenvalue weighted by atomic mass is 9.88. The molecule has 11 atom stereocenters. The smallest absolute Gasteiger partial charge is 0.311 e. The normalized spacial score (nSPS) is 17.5. The van der Waals surface area contributed by atoms with E-state index in [9.17, 15) is 67.1 Å². The summed E-state index contributed by atoms with van der Waals surface area (Å²) in [6.07, 6.45) is 20.2. The first-order chi connectivity index (χ1) is 66.8. The van der Waals surface area contributed by atoms with E-state index in [1.165, 1.54) is 42.5 Å². The summed E-state index contributed by atoms with van der Waals surface area (Å²) >= 11 is 0. The van der Waals surface area contributed by atoms with Crippen molar-refractivity contribution in [3.63, 3.8) is 0 Å². The number of carbonyl (C=O) groups is 14. The van der Waals surface area contributed by atoms with Gasteiger partial charge in [-0.25, -0.2) is 0 Å². The number of ether oxygens (including phenoxy) is 5. The van der Waals surface area contributed by atoms with Crippen LogP contribution in [0.4, 0.5) is 5.69 Å². The van der Waals surface area contributed by atoms with Gasteiger partial charge in [-0.05, 0) is 218 Å². The summed E-state index contributed by atoms with van der Waals surface area (Å²) in [7, 11) is 6.69. The zero-order valence-corrected chi connectivity index (χ0v) is 99.1. The van der Waals surface area contributed by atoms with E-state index >= 15 is 0 Å². The number of carbonyl (C=O) groups excluding carboxylic acids is 14. The van der Waals surface area contributed by atoms with E-state index < -0.39 is 0 Å². The van der Waals surface area contributed by atoms with Crippen LogP contribution in [0, 0.1) is 104 Å². The monoisotopic (exact) mass is 2030 g/mol. The van der Waals surface area contributed by atoms with E-state index in [4.69, 9.17) is 28.9 Å². The van der Waals surface area contributed by atoms with Crippen LogP contribution in [0.2, 0.25) is 0 Å². The molecule has 3 heterocycles. The number of methoxy groups -OCH3 is 1. The molecule has 10 amide bonds. The topological polar surface area (TPSA) is 340 Å². The van der Waals surface area contributed by atoms with Gasteiger partial charge in [0, 0.05) is 131 Å². The molecule has 832 valence electrons. The summed E-state index contributed by atoms with van der Waals surface area (Å²) in [5, 5.41) is 11.0. The molecule has 4 aliphatic rings. The summed E-state index contributed by atoms with van der Waals surface area (Å²) in [4.78, 5) is 171. The highest BCUT2D eigenvalue weighted by atomic mass is 16.6. The number of amides is 10. The Morgan fingerprint density at radius 3 is 1.10 bits per heavy atom. The van der Waals surface area contributed by atoms with Crippen molar-refractivity contribution in [3.05, 3.63) is 66.2 Å². The summed E-state index contributed by atoms with van der Waals surface area (Å²) in [6, 6.07) is 21.1. The summed E-state index contributed by atoms with van der Waals surface area (Å²) < 4.78 is 25.5. The molecule has 4 fully saturated rings. The third-order valence-electron chi connectivity index (χ3n) is 27.8. The van der Waals surface area contributed by atoms with E-state index in [1.807, 2.05) is 273 Å². The second-order valence-electron chi connectivity index (χ2n) is 42.9. The molecular formula is C117H210N8O19. The third-order valence-corrected chi connectivity index (χ3v) is 27.8. The van der Waals surface area contributed by atoms with Crippen molar-refractivity contribution in [2.75, 3.05) is 85.8 Å². The van der Waals surface area contributed by atoms with Crippen molar-refractivity contribution in [1.82, 2.24) is 29.8 Å². The van der Waals surface area contributed by atoms with Crippen LogP contribution in [0.1, 0.15) is 404 Å². The number of para-hydroxylation sites is 1. The van der Waals surface area contributed by atoms with Crippen molar-refractivity contribution in [3.8, 4) is 6.07 Å². The van der Waals surface area contributed by atoms with E-state index in [0.717, 1.165) is 134 Å². The number of hydrogen-bond acceptors (Lipinski definition) is 20. The minimum atomic E-state index is -0.380. The minimum Gasteiger partial charge on any atom is -0.465 e. The SMILES string of the molecule is CC1C(=O)N(C)C(=O)C1C.CC1C(=O)N(C2CCCCC2)C(=O)C1C.CC1C(=O)N(c2ccccc2)C(=O)C1C.CCC(C)(C)C(=O)OCCOC.CCC(C)(C)C(=O)OCc1ccccc1.CCC(C)C#N.CCC(C)C(=O)N(C)C.CCC(C)C(=O)N(CC)CC.CCC(C)C(=O)NC(C)(C)C.CCCCC(CC)COC(=O)C(C)(C)CC.CCCCOC(=O)C(C)(C)CC.CCN(CC)C(=O)C(C)(C)CC. The number of hydrogen-bond donors (Lipinski definition) is 1. The molecule has 3 saturated heterocycles. The summed E-state index contributed by atoms with van der Waals surface area (Å²) in [5.41, 5.74) is 0.0210. The van der Waals surface area contributed by atoms with Crippen LogP contribution >= 0.6 is 0 Å². The summed E-state index contributed by atoms with van der Waals surface area (Å²) in [5.74, 6) is 0.713. The van der Waals surface area contributed by atoms with E-state index in [0.29, 0.717) is 44.6 Å². The van der Waals surface area contributed by atoms with Gasteiger partial charge < -0.3 is 43.7 Å². The predicted octanol–water partition coefficient (Wildman–Crippen LogP) is 24.6. The number of benzene rings is 2. The Labute approximate surface area is 876 Å². The van der Waals surface area contributed by atoms with Gasteiger partial charge in [-0.2, -0.15) is 5.26 Å². The molecule has 0 bridgehead atoms. The third kappa shape index (κ3) is 57.4. The Kier molecular flexibility index (Phi) is 78.4. The fraction of sp³-hybridized carbons (Fsp3) is 0.769. The number of nitrogens with one attached hydrogen (secondary N) is 1. The van der Waals surface area contributed by atoms with Crippen LogP contribution in [0.3, 0.4) is 0 Å². The quantitative estimate of drug-likeness (QED) is 0.0284. The van der Waals surface area contributed by atoms with Crippen molar-refractivity contribution in [1.29, 1.82) is 5.26 Å². The first kappa shape index (κ1) is 146. The average Bonchev–Trinajstić information content (AvgIpc) is 1.65. The van der Waals surface area contributed by atoms with Gasteiger partial charge in [-0.1, -0.05) is 253 Å². The molecule has 1 saturated carbocycles. The molecule has 144 heavy (non-hydrogen) atoms. The molecule has 0 spiro atoms. The standard InChI is InChI=1S/C14H28O2.C13H18O2.C12H19NO2.C12H13NO2.C10H21NO.C10H20O2.2C9H19NO.C9H18O3.C7H11NO2.C7H15NO.C5H9N/c1-6-9-10-12(7-2)11-16-13(15)14(4,5)8-3;1-4-13(2,3)12(14)15-10-11-8-6-5-7-9-11;2*1-8-9(2)12(15)13(11(8)14)10-6-4-3-5-7-10;1-6-10(4,5)9(12)11(7-2)8-3;1-5-7-8-12-9(11)10(3,4)6-2;1-6-7(2)8(11)10-9(3,4)5;1-5-8(4)9(11)10(6-2)7-3;1-5-9(2,3)8(10)12-7-6-11-4;1-4-5(2)7(10)8(3)6(4)9;1-5-6(2)7(9)8(3)4;1-3-5(2)4-6/h12H,6-11H2,1-5H3;5-9H,4,10H2,1-3H3;8-10H,3-7H2,1-2H3;3-9H,1-2H3;6-8H2,1-5H3;5-8H2,1-4H3;7H,6H2,1-5H3,(H,10,11);8H,5-7H2,1-4H3;5-7H2,1-4H3;4-5H,1-3H3;6H,5H2,1-4H3;5H,3H2,1-2H3. The van der Waals surface area contributed by atoms with Gasteiger partial charge >= 0.3 is 23.9 Å². The fourth-order valence-corrected chi connectivity index (χ4v) is 12.8. The number of likely N-dealkylation sites (tertiary alicyclic amines) is 2. The molecule has 3 aliphatic heterocycles. The Morgan fingerprint density at radius 1 is 0.431 bits per heavy atom. The Morgan fingerprint density at radius 2 is 0.792 bits per heavy atom. The number of unbranched alkanes of at least 4 members (excludes halogenated alkanes) is 2. The average molecular weight is 2030 g/mol. The van der Waals surface area contributed by atoms with Crippen molar-refractivity contribution < 1.29 is 90.8 Å². The number of nitriles is 1. The lowest BCUT2D eigenvalue weighted by Crippen LogP contribution is -2.43. The predicted molar refractivity (Wildman–Crippen MR) is 586 cm³/mol. The molecule has 27 heteroatoms. The highest BCUT2D eigenvalue weighted by Gasteiger charge is 2.47. The maximum absolute atomic E-state index is 11.9. The lowest BCUT2D eigenvalue weighted by Gasteiger charge is -2.29. The van der Waals surface area contributed by atoms with Crippen molar-refractivity contribution in [2.45, 2.75) is 417 Å². The molecule has 27 nitrogen and oxygen atoms in total. The van der Waals surface area contributed by atoms with Crippen molar-refractivity contribution >= 4 is 88.6 Å². The maximum atomic E-state index is 11.9. The molecule has 11 unspecified atom stereocenters. The Bertz CT molecular complexity index is 3890. The molecule has 1 N–H and O–H groups in total. The highest BCUT2D eigenvalue weighted by molar-refractivity contribution is 6.21. The first-order valence-corrected chi connectivity index (χ1v) is 54.2. The van der Waals surface area contributed by atoms with Gasteiger partial charge in [-0.15, -0.1) is 0 Å². The number of esters is 4. The van der Waals surface area contributed by atoms with Gasteiger partial charge in [0.05, 0.1) is 53.2 Å². The highest BCUT2D eigenvalue weighted by Crippen LogP contribution is 2.35. The molecule has 2 aromatic rings. The van der Waals surface area contributed by atoms with Crippen molar-refractivity contribution in [2.24, 2.45) is 92.2 Å². The molecule has 1 aliphatic carbocycles. The number of imide groups is 3. The minimum absolute atomic E-state index is 0.0510. The molecule has 2 aromatic carbocycles. The second-order valence-corrected chi connectivity index (χ2v) is 42.9. The lowest BCUT2D eigenvalue weighted by molar-refractivity contribution is -0.156. The Hall–Kier alpha value is -8.93. The van der Waals surface area contributed by atoms with Gasteiger partial charge in [0.2, 0.25) is 59.1 Å². The zero-order chi connectivity index (χ0) is 113. The van der Waals surface area contributed by atoms with Gasteiger partial charge in [0.15, 0.2) is 0 Å². The molecule has 6 rings (SSSR count). The van der Waals surface area contributed by atoms with Crippen LogP contribution < -0.4 is 10.2 Å². The van der Waals surface area contributed by atoms with Crippen LogP contribution in [0.15, 0.2) is 60.7 Å². The first-order valence-electron chi connectivity index (χ1n) is 54.2. The van der Waals surface area contributed by atoms with Crippen LogP contribution in [0.5, 0.6) is 0 Å². The zero-order valence-electron chi connectivity index (χ0n) is 99.1. The maximum Gasteiger partial charge on any atom is 0.311 e. The molecule has 0 aromatic heterocycles. The van der Waals surface area contributed by atoms with E-state index in [2.05, 4.69) is 39.1 Å². The second kappa shape index (κ2) is 77.5. The molecule has 0 radical (unpaired) electrons. The fourth-order valence-electron chi connectivity index (χ4n) is 12.8. The number of nitrogens with zero attached hydrogens (tertiary/aromatic N) is 7. The van der Waals surface area contributed by atoms with Crippen LogP contribution in [0.25, 0.3) is 0 Å².